The first kappa shape index (κ1) is 20.2. The third-order valence-corrected chi connectivity index (χ3v) is 3.84. The second kappa shape index (κ2) is 10.1. The predicted octanol–water partition coefficient (Wildman–Crippen LogP) is 3.33. The van der Waals surface area contributed by atoms with E-state index in [1.165, 1.54) is 32.5 Å². The molecule has 6 heteroatoms. The highest BCUT2D eigenvalue weighted by Gasteiger charge is 2.19. The minimum absolute atomic E-state index is 0.177. The van der Waals surface area contributed by atoms with E-state index in [4.69, 9.17) is 14.3 Å². The van der Waals surface area contributed by atoms with Crippen LogP contribution in [-0.2, 0) is 37.1 Å². The van der Waals surface area contributed by atoms with E-state index in [1.807, 2.05) is 42.5 Å². The first-order chi connectivity index (χ1) is 13.1. The van der Waals surface area contributed by atoms with E-state index < -0.39 is 5.97 Å². The van der Waals surface area contributed by atoms with Crippen LogP contribution in [0.5, 0.6) is 0 Å². The molecule has 0 spiro atoms. The Morgan fingerprint density at radius 3 is 2.30 bits per heavy atom. The van der Waals surface area contributed by atoms with Crippen LogP contribution in [0.2, 0.25) is 0 Å². The Morgan fingerprint density at radius 1 is 1.00 bits per heavy atom. The number of carbonyl (C=O) groups is 2. The Bertz CT molecular complexity index is 801. The van der Waals surface area contributed by atoms with E-state index in [-0.39, 0.29) is 24.6 Å². The summed E-state index contributed by atoms with van der Waals surface area (Å²) in [6, 6.07) is 16.8. The van der Waals surface area contributed by atoms with Gasteiger partial charge >= 0.3 is 5.97 Å². The highest BCUT2D eigenvalue weighted by molar-refractivity contribution is 6.16. The molecule has 0 radical (unpaired) electrons. The van der Waals surface area contributed by atoms with Crippen molar-refractivity contribution in [2.75, 3.05) is 14.2 Å². The molecule has 0 N–H and O–H groups in total. The fourth-order valence-corrected chi connectivity index (χ4v) is 2.50. The highest BCUT2D eigenvalue weighted by Crippen LogP contribution is 2.22. The van der Waals surface area contributed by atoms with Crippen molar-refractivity contribution in [1.29, 1.82) is 0 Å². The van der Waals surface area contributed by atoms with Gasteiger partial charge in [0.25, 0.3) is 0 Å². The molecule has 0 aromatic heterocycles. The Kier molecular flexibility index (Phi) is 7.58. The standard InChI is InChI=1S/C21H23NO5/c1-16(23)22(27-14-17-9-5-4-6-10-17)13-18-11-7-8-12-19(18)20(15-25-2)21(24)26-3/h4-12,15H,13-14H2,1-3H3. The van der Waals surface area contributed by atoms with Gasteiger partial charge in [-0.2, -0.15) is 0 Å². The Balaban J connectivity index is 2.24. The van der Waals surface area contributed by atoms with Gasteiger partial charge in [-0.25, -0.2) is 9.86 Å². The molecule has 0 saturated heterocycles. The summed E-state index contributed by atoms with van der Waals surface area (Å²) in [5.74, 6) is -0.764. The molecule has 27 heavy (non-hydrogen) atoms. The lowest BCUT2D eigenvalue weighted by atomic mass is 10.0. The molecular formula is C21H23NO5. The second-order valence-electron chi connectivity index (χ2n) is 5.73. The minimum atomic E-state index is -0.524. The van der Waals surface area contributed by atoms with Crippen LogP contribution >= 0.6 is 0 Å². The van der Waals surface area contributed by atoms with Gasteiger partial charge in [0, 0.05) is 6.92 Å². The maximum Gasteiger partial charge on any atom is 0.341 e. The summed E-state index contributed by atoms with van der Waals surface area (Å²) in [5.41, 5.74) is 2.56. The Morgan fingerprint density at radius 2 is 1.67 bits per heavy atom. The maximum atomic E-state index is 12.1. The third kappa shape index (κ3) is 5.69. The van der Waals surface area contributed by atoms with Crippen LogP contribution in [0.15, 0.2) is 60.9 Å². The summed E-state index contributed by atoms with van der Waals surface area (Å²) in [7, 11) is 2.76. The van der Waals surface area contributed by atoms with E-state index in [0.29, 0.717) is 5.56 Å². The molecule has 142 valence electrons. The van der Waals surface area contributed by atoms with E-state index in [9.17, 15) is 9.59 Å². The van der Waals surface area contributed by atoms with Gasteiger partial charge in [0.05, 0.1) is 27.0 Å². The van der Waals surface area contributed by atoms with Crippen LogP contribution in [0.1, 0.15) is 23.6 Å². The zero-order valence-corrected chi connectivity index (χ0v) is 15.7. The third-order valence-electron chi connectivity index (χ3n) is 3.84. The average molecular weight is 369 g/mol. The van der Waals surface area contributed by atoms with Crippen LogP contribution in [0, 0.1) is 0 Å². The van der Waals surface area contributed by atoms with Gasteiger partial charge in [-0.3, -0.25) is 9.63 Å². The van der Waals surface area contributed by atoms with Crippen molar-refractivity contribution >= 4 is 17.4 Å². The van der Waals surface area contributed by atoms with Crippen molar-refractivity contribution in [2.24, 2.45) is 0 Å². The Labute approximate surface area is 158 Å². The summed E-state index contributed by atoms with van der Waals surface area (Å²) in [6.45, 7) is 1.87. The topological polar surface area (TPSA) is 65.1 Å². The average Bonchev–Trinajstić information content (AvgIpc) is 2.69. The minimum Gasteiger partial charge on any atom is -0.503 e. The van der Waals surface area contributed by atoms with Gasteiger partial charge < -0.3 is 9.47 Å². The molecule has 0 aliphatic heterocycles. The SMILES string of the molecule is COC=C(C(=O)OC)c1ccccc1CN(OCc1ccccc1)C(C)=O. The van der Waals surface area contributed by atoms with Gasteiger partial charge in [0.15, 0.2) is 0 Å². The maximum absolute atomic E-state index is 12.1. The van der Waals surface area contributed by atoms with Crippen LogP contribution in [0.25, 0.3) is 5.57 Å². The Hall–Kier alpha value is -3.12. The van der Waals surface area contributed by atoms with Crippen LogP contribution in [0.3, 0.4) is 0 Å². The normalized spacial score (nSPS) is 11.0. The molecule has 0 fully saturated rings. The molecule has 2 rings (SSSR count). The number of esters is 1. The first-order valence-electron chi connectivity index (χ1n) is 8.41. The molecule has 0 atom stereocenters. The molecule has 0 aliphatic rings. The van der Waals surface area contributed by atoms with Crippen molar-refractivity contribution in [2.45, 2.75) is 20.1 Å². The molecular weight excluding hydrogens is 346 g/mol. The fraction of sp³-hybridized carbons (Fsp3) is 0.238. The summed E-state index contributed by atoms with van der Waals surface area (Å²) >= 11 is 0. The second-order valence-corrected chi connectivity index (χ2v) is 5.73. The van der Waals surface area contributed by atoms with Crippen molar-refractivity contribution in [3.63, 3.8) is 0 Å². The fourth-order valence-electron chi connectivity index (χ4n) is 2.50. The molecule has 0 heterocycles. The van der Waals surface area contributed by atoms with Crippen molar-refractivity contribution in [3.05, 3.63) is 77.5 Å². The van der Waals surface area contributed by atoms with Crippen molar-refractivity contribution < 1.29 is 23.9 Å². The van der Waals surface area contributed by atoms with E-state index in [1.54, 1.807) is 12.1 Å². The lowest BCUT2D eigenvalue weighted by Crippen LogP contribution is -2.29. The summed E-state index contributed by atoms with van der Waals surface area (Å²) < 4.78 is 9.85. The zero-order chi connectivity index (χ0) is 19.6. The number of hydrogen-bond donors (Lipinski definition) is 0. The smallest absolute Gasteiger partial charge is 0.341 e. The van der Waals surface area contributed by atoms with Gasteiger partial charge in [-0.05, 0) is 16.7 Å². The number of amides is 1. The number of carbonyl (C=O) groups excluding carboxylic acids is 2. The van der Waals surface area contributed by atoms with Crippen molar-refractivity contribution in [3.8, 4) is 0 Å². The van der Waals surface area contributed by atoms with Gasteiger partial charge in [-0.15, -0.1) is 0 Å². The van der Waals surface area contributed by atoms with E-state index in [2.05, 4.69) is 0 Å². The zero-order valence-electron chi connectivity index (χ0n) is 15.7. The number of benzene rings is 2. The number of ether oxygens (including phenoxy) is 2. The molecule has 1 amide bonds. The largest absolute Gasteiger partial charge is 0.503 e. The van der Waals surface area contributed by atoms with E-state index in [0.717, 1.165) is 11.1 Å². The van der Waals surface area contributed by atoms with Gasteiger partial charge in [-0.1, -0.05) is 54.6 Å². The summed E-state index contributed by atoms with van der Waals surface area (Å²) in [6.07, 6.45) is 1.33. The highest BCUT2D eigenvalue weighted by atomic mass is 16.7. The van der Waals surface area contributed by atoms with Gasteiger partial charge in [0.1, 0.15) is 12.2 Å². The number of rotatable bonds is 8. The lowest BCUT2D eigenvalue weighted by molar-refractivity contribution is -0.193. The van der Waals surface area contributed by atoms with Crippen LogP contribution in [0.4, 0.5) is 0 Å². The lowest BCUT2D eigenvalue weighted by Gasteiger charge is -2.22. The number of hydrogen-bond acceptors (Lipinski definition) is 5. The summed E-state index contributed by atoms with van der Waals surface area (Å²) in [4.78, 5) is 29.8. The predicted molar refractivity (Wildman–Crippen MR) is 101 cm³/mol. The number of methoxy groups -OCH3 is 2. The molecule has 6 nitrogen and oxygen atoms in total. The number of hydroxylamine groups is 2. The van der Waals surface area contributed by atoms with Crippen LogP contribution in [-0.4, -0.2) is 31.2 Å². The van der Waals surface area contributed by atoms with Crippen LogP contribution < -0.4 is 0 Å². The molecule has 0 saturated carbocycles. The summed E-state index contributed by atoms with van der Waals surface area (Å²) in [5, 5.41) is 1.27. The molecule has 0 bridgehead atoms. The quantitative estimate of drug-likeness (QED) is 0.309. The molecule has 0 aliphatic carbocycles. The monoisotopic (exact) mass is 369 g/mol. The first-order valence-corrected chi connectivity index (χ1v) is 8.41. The van der Waals surface area contributed by atoms with Gasteiger partial charge in [0.2, 0.25) is 5.91 Å². The van der Waals surface area contributed by atoms with Crippen molar-refractivity contribution in [1.82, 2.24) is 5.06 Å². The molecule has 0 unspecified atom stereocenters. The molecule has 2 aromatic carbocycles. The molecule has 2 aromatic rings. The van der Waals surface area contributed by atoms with E-state index >= 15 is 0 Å². The number of nitrogens with zero attached hydrogens (tertiary/aromatic N) is 1.